The molecule has 15 heavy (non-hydrogen) atoms. The van der Waals surface area contributed by atoms with E-state index in [9.17, 15) is 4.79 Å². The van der Waals surface area contributed by atoms with Crippen LogP contribution in [-0.4, -0.2) is 17.3 Å². The minimum atomic E-state index is -0.155. The third kappa shape index (κ3) is 3.40. The van der Waals surface area contributed by atoms with Gasteiger partial charge in [-0.15, -0.1) is 0 Å². The summed E-state index contributed by atoms with van der Waals surface area (Å²) in [6.45, 7) is 4.84. The minimum Gasteiger partial charge on any atom is -0.394 e. The van der Waals surface area contributed by atoms with E-state index in [0.717, 1.165) is 13.0 Å². The lowest BCUT2D eigenvalue weighted by Crippen LogP contribution is -2.24. The van der Waals surface area contributed by atoms with Gasteiger partial charge >= 0.3 is 0 Å². The number of anilines is 1. The summed E-state index contributed by atoms with van der Waals surface area (Å²) in [5.74, 6) is 0. The van der Waals surface area contributed by atoms with Crippen molar-refractivity contribution in [2.24, 2.45) is 0 Å². The molecule has 0 aliphatic carbocycles. The Morgan fingerprint density at radius 2 is 2.20 bits per heavy atom. The van der Waals surface area contributed by atoms with Crippen LogP contribution in [0.3, 0.4) is 0 Å². The molecule has 4 heteroatoms. The zero-order chi connectivity index (χ0) is 11.5. The van der Waals surface area contributed by atoms with Gasteiger partial charge in [-0.25, -0.2) is 0 Å². The molecule has 0 aliphatic rings. The van der Waals surface area contributed by atoms with Crippen LogP contribution in [0.15, 0.2) is 23.3 Å². The second-order valence-corrected chi connectivity index (χ2v) is 4.22. The minimum absolute atomic E-state index is 0.128. The second-order valence-electron chi connectivity index (χ2n) is 4.22. The van der Waals surface area contributed by atoms with Crippen molar-refractivity contribution < 1.29 is 4.74 Å². The largest absolute Gasteiger partial charge is 0.394 e. The van der Waals surface area contributed by atoms with Crippen LogP contribution in [0.25, 0.3) is 0 Å². The average molecular weight is 210 g/mol. The Labute approximate surface area is 89.7 Å². The zero-order valence-corrected chi connectivity index (χ0v) is 9.49. The fraction of sp³-hybridized carbons (Fsp3) is 0.545. The third-order valence-corrected chi connectivity index (χ3v) is 2.53. The van der Waals surface area contributed by atoms with Crippen molar-refractivity contribution in [3.05, 3.63) is 28.7 Å². The first-order valence-corrected chi connectivity index (χ1v) is 4.95. The Hall–Kier alpha value is -1.29. The molecule has 1 aromatic rings. The van der Waals surface area contributed by atoms with Crippen LogP contribution in [0.4, 0.5) is 5.69 Å². The molecular weight excluding hydrogens is 192 g/mol. The summed E-state index contributed by atoms with van der Waals surface area (Å²) in [4.78, 5) is 11.1. The van der Waals surface area contributed by atoms with E-state index in [1.54, 1.807) is 19.5 Å². The van der Waals surface area contributed by atoms with Gasteiger partial charge < -0.3 is 15.0 Å². The van der Waals surface area contributed by atoms with Gasteiger partial charge in [-0.2, -0.15) is 0 Å². The van der Waals surface area contributed by atoms with Gasteiger partial charge in [0.05, 0.1) is 11.3 Å². The molecule has 0 atom stereocenters. The molecule has 0 spiro atoms. The number of pyridine rings is 1. The molecule has 1 aromatic heterocycles. The number of nitrogens with zero attached hydrogens (tertiary/aromatic N) is 1. The summed E-state index contributed by atoms with van der Waals surface area (Å²) in [6, 6.07) is 1.48. The lowest BCUT2D eigenvalue weighted by molar-refractivity contribution is 0.0120. The number of rotatable bonds is 4. The highest BCUT2D eigenvalue weighted by atomic mass is 16.5. The average Bonchev–Trinajstić information content (AvgIpc) is 2.20. The molecule has 0 aromatic carbocycles. The SMILES string of the molecule is COC(C)(C)CCn1ccc(=O)c(N)c1. The van der Waals surface area contributed by atoms with Crippen LogP contribution in [0, 0.1) is 0 Å². The normalized spacial score (nSPS) is 11.7. The molecule has 84 valence electrons. The molecule has 0 bridgehead atoms. The fourth-order valence-corrected chi connectivity index (χ4v) is 1.18. The molecule has 0 aliphatic heterocycles. The number of hydrogen-bond acceptors (Lipinski definition) is 3. The van der Waals surface area contributed by atoms with Crippen molar-refractivity contribution in [2.75, 3.05) is 12.8 Å². The monoisotopic (exact) mass is 210 g/mol. The summed E-state index contributed by atoms with van der Waals surface area (Å²) in [5.41, 5.74) is 5.53. The summed E-state index contributed by atoms with van der Waals surface area (Å²) in [6.07, 6.45) is 4.27. The summed E-state index contributed by atoms with van der Waals surface area (Å²) in [7, 11) is 1.69. The third-order valence-electron chi connectivity index (χ3n) is 2.53. The van der Waals surface area contributed by atoms with Crippen molar-refractivity contribution in [3.8, 4) is 0 Å². The van der Waals surface area contributed by atoms with Gasteiger partial charge in [0.15, 0.2) is 0 Å². The number of hydrogen-bond donors (Lipinski definition) is 1. The van der Waals surface area contributed by atoms with Crippen molar-refractivity contribution in [3.63, 3.8) is 0 Å². The van der Waals surface area contributed by atoms with E-state index in [1.165, 1.54) is 6.07 Å². The molecule has 0 unspecified atom stereocenters. The number of aryl methyl sites for hydroxylation is 1. The molecule has 0 saturated heterocycles. The van der Waals surface area contributed by atoms with E-state index in [0.29, 0.717) is 0 Å². The molecule has 2 N–H and O–H groups in total. The van der Waals surface area contributed by atoms with E-state index in [2.05, 4.69) is 0 Å². The fourth-order valence-electron chi connectivity index (χ4n) is 1.18. The predicted molar refractivity (Wildman–Crippen MR) is 60.8 cm³/mol. The number of aromatic nitrogens is 1. The molecule has 0 amide bonds. The maximum absolute atomic E-state index is 11.1. The quantitative estimate of drug-likeness (QED) is 0.813. The van der Waals surface area contributed by atoms with Crippen LogP contribution in [-0.2, 0) is 11.3 Å². The van der Waals surface area contributed by atoms with Crippen molar-refractivity contribution in [2.45, 2.75) is 32.4 Å². The molecular formula is C11H18N2O2. The Morgan fingerprint density at radius 3 is 2.73 bits per heavy atom. The molecule has 0 saturated carbocycles. The number of nitrogens with two attached hydrogens (primary N) is 1. The van der Waals surface area contributed by atoms with Gasteiger partial charge in [0, 0.05) is 32.1 Å². The van der Waals surface area contributed by atoms with Gasteiger partial charge in [0.2, 0.25) is 5.43 Å². The van der Waals surface area contributed by atoms with E-state index in [4.69, 9.17) is 10.5 Å². The summed E-state index contributed by atoms with van der Waals surface area (Å²) >= 11 is 0. The van der Waals surface area contributed by atoms with Crippen LogP contribution in [0.2, 0.25) is 0 Å². The summed E-state index contributed by atoms with van der Waals surface area (Å²) in [5, 5.41) is 0. The Balaban J connectivity index is 2.66. The van der Waals surface area contributed by atoms with Crippen LogP contribution in [0.1, 0.15) is 20.3 Å². The first-order valence-electron chi connectivity index (χ1n) is 4.95. The molecule has 0 radical (unpaired) electrons. The second kappa shape index (κ2) is 4.49. The molecule has 1 heterocycles. The maximum Gasteiger partial charge on any atom is 0.204 e. The number of nitrogen functional groups attached to an aromatic ring is 1. The van der Waals surface area contributed by atoms with Crippen molar-refractivity contribution in [1.29, 1.82) is 0 Å². The van der Waals surface area contributed by atoms with E-state index in [-0.39, 0.29) is 16.7 Å². The van der Waals surface area contributed by atoms with Gasteiger partial charge in [0.25, 0.3) is 0 Å². The smallest absolute Gasteiger partial charge is 0.204 e. The standard InChI is InChI=1S/C11H18N2O2/c1-11(2,15-3)5-7-13-6-4-10(14)9(12)8-13/h4,6,8H,5,7,12H2,1-3H3. The Morgan fingerprint density at radius 1 is 1.53 bits per heavy atom. The first-order chi connectivity index (χ1) is 6.94. The Kier molecular flexibility index (Phi) is 3.52. The highest BCUT2D eigenvalue weighted by Crippen LogP contribution is 2.13. The van der Waals surface area contributed by atoms with Crippen LogP contribution in [0.5, 0.6) is 0 Å². The van der Waals surface area contributed by atoms with Gasteiger partial charge in [-0.05, 0) is 20.3 Å². The van der Waals surface area contributed by atoms with E-state index in [1.807, 2.05) is 18.4 Å². The zero-order valence-electron chi connectivity index (χ0n) is 9.49. The number of methoxy groups -OCH3 is 1. The molecule has 1 rings (SSSR count). The highest BCUT2D eigenvalue weighted by molar-refractivity contribution is 5.33. The van der Waals surface area contributed by atoms with Gasteiger partial charge in [-0.1, -0.05) is 0 Å². The lowest BCUT2D eigenvalue weighted by Gasteiger charge is -2.23. The highest BCUT2D eigenvalue weighted by Gasteiger charge is 2.15. The van der Waals surface area contributed by atoms with Crippen LogP contribution >= 0.6 is 0 Å². The predicted octanol–water partition coefficient (Wildman–Crippen LogP) is 1.25. The maximum atomic E-state index is 11.1. The van der Waals surface area contributed by atoms with E-state index >= 15 is 0 Å². The lowest BCUT2D eigenvalue weighted by atomic mass is 10.1. The van der Waals surface area contributed by atoms with Gasteiger partial charge in [-0.3, -0.25) is 4.79 Å². The van der Waals surface area contributed by atoms with Crippen molar-refractivity contribution >= 4 is 5.69 Å². The molecule has 0 fully saturated rings. The van der Waals surface area contributed by atoms with E-state index < -0.39 is 0 Å². The topological polar surface area (TPSA) is 57.2 Å². The summed E-state index contributed by atoms with van der Waals surface area (Å²) < 4.78 is 7.21. The molecule has 4 nitrogen and oxygen atoms in total. The number of ether oxygens (including phenoxy) is 1. The van der Waals surface area contributed by atoms with Gasteiger partial charge in [0.1, 0.15) is 0 Å². The first kappa shape index (κ1) is 11.8. The van der Waals surface area contributed by atoms with Crippen molar-refractivity contribution in [1.82, 2.24) is 4.57 Å². The van der Waals surface area contributed by atoms with Crippen LogP contribution < -0.4 is 11.2 Å². The Bertz CT molecular complexity index is 382.